The van der Waals surface area contributed by atoms with Gasteiger partial charge in [0.1, 0.15) is 13.2 Å². The first kappa shape index (κ1) is 32.9. The van der Waals surface area contributed by atoms with Crippen LogP contribution in [0.15, 0.2) is 0 Å². The molecule has 0 heterocycles. The predicted molar refractivity (Wildman–Crippen MR) is 141 cm³/mol. The van der Waals surface area contributed by atoms with E-state index < -0.39 is 16.2 Å². The summed E-state index contributed by atoms with van der Waals surface area (Å²) in [5.74, 6) is -0.377. The molecular weight excluding hydrogens is 428 g/mol. The van der Waals surface area contributed by atoms with Crippen molar-refractivity contribution >= 4 is 11.9 Å². The monoisotopic (exact) mass is 484 g/mol. The Morgan fingerprint density at radius 2 is 0.971 bits per heavy atom. The van der Waals surface area contributed by atoms with Crippen LogP contribution in [0, 0.1) is 16.2 Å². The number of carbonyl (C=O) groups excluding carboxylic acids is 2. The van der Waals surface area contributed by atoms with E-state index in [9.17, 15) is 9.59 Å². The van der Waals surface area contributed by atoms with E-state index in [0.29, 0.717) is 13.2 Å². The first-order chi connectivity index (χ1) is 15.9. The number of ether oxygens (including phenoxy) is 3. The molecule has 0 bridgehead atoms. The molecule has 5 heteroatoms. The van der Waals surface area contributed by atoms with Crippen LogP contribution in [0.3, 0.4) is 0 Å². The number of hydrogen-bond acceptors (Lipinski definition) is 5. The summed E-state index contributed by atoms with van der Waals surface area (Å²) in [7, 11) is 0. The van der Waals surface area contributed by atoms with E-state index >= 15 is 0 Å². The molecule has 0 aromatic carbocycles. The molecule has 5 nitrogen and oxygen atoms in total. The van der Waals surface area contributed by atoms with Crippen LogP contribution >= 0.6 is 0 Å². The van der Waals surface area contributed by atoms with Gasteiger partial charge in [-0.25, -0.2) is 0 Å². The number of carbonyl (C=O) groups is 2. The third-order valence-electron chi connectivity index (χ3n) is 6.61. The summed E-state index contributed by atoms with van der Waals surface area (Å²) >= 11 is 0. The quantitative estimate of drug-likeness (QED) is 0.122. The molecule has 0 aliphatic heterocycles. The van der Waals surface area contributed by atoms with Crippen molar-refractivity contribution in [3.8, 4) is 0 Å². The highest BCUT2D eigenvalue weighted by molar-refractivity contribution is 5.76. The molecule has 0 aromatic rings. The van der Waals surface area contributed by atoms with E-state index in [1.54, 1.807) is 0 Å². The van der Waals surface area contributed by atoms with Crippen molar-refractivity contribution in [1.82, 2.24) is 0 Å². The van der Waals surface area contributed by atoms with Crippen molar-refractivity contribution < 1.29 is 23.8 Å². The molecule has 0 atom stereocenters. The lowest BCUT2D eigenvalue weighted by Crippen LogP contribution is -2.40. The second-order valence-electron chi connectivity index (χ2n) is 11.8. The maximum absolute atomic E-state index is 12.8. The molecule has 0 aromatic heterocycles. The Morgan fingerprint density at radius 3 is 1.35 bits per heavy atom. The van der Waals surface area contributed by atoms with Gasteiger partial charge in [0, 0.05) is 6.61 Å². The van der Waals surface area contributed by atoms with Crippen LogP contribution in [0.5, 0.6) is 0 Å². The van der Waals surface area contributed by atoms with E-state index in [0.717, 1.165) is 51.4 Å². The van der Waals surface area contributed by atoms with Crippen molar-refractivity contribution in [2.45, 2.75) is 132 Å². The first-order valence-electron chi connectivity index (χ1n) is 13.9. The molecule has 0 unspecified atom stereocenters. The van der Waals surface area contributed by atoms with Gasteiger partial charge < -0.3 is 14.2 Å². The summed E-state index contributed by atoms with van der Waals surface area (Å²) in [4.78, 5) is 25.7. The maximum atomic E-state index is 12.8. The molecule has 0 saturated carbocycles. The molecule has 0 fully saturated rings. The fourth-order valence-corrected chi connectivity index (χ4v) is 3.75. The molecule has 0 aliphatic carbocycles. The molecule has 0 aliphatic rings. The average molecular weight is 485 g/mol. The summed E-state index contributed by atoms with van der Waals surface area (Å²) in [5, 5.41) is 0. The Balaban J connectivity index is 4.94. The van der Waals surface area contributed by atoms with Crippen molar-refractivity contribution in [3.63, 3.8) is 0 Å². The van der Waals surface area contributed by atoms with Crippen molar-refractivity contribution in [2.24, 2.45) is 16.2 Å². The molecular formula is C29H56O5. The SMILES string of the molecule is CCCCCCC(C)(C)C(=O)OCC(C)(COCCCC)COC(=O)C(C)(C)CCCCCC. The van der Waals surface area contributed by atoms with Gasteiger partial charge in [-0.05, 0) is 47.0 Å². The largest absolute Gasteiger partial charge is 0.464 e. The molecule has 0 amide bonds. The summed E-state index contributed by atoms with van der Waals surface area (Å²) < 4.78 is 17.4. The van der Waals surface area contributed by atoms with Crippen LogP contribution in [0.2, 0.25) is 0 Å². The lowest BCUT2D eigenvalue weighted by molar-refractivity contribution is -0.167. The Bertz CT molecular complexity index is 513. The molecule has 0 saturated heterocycles. The molecule has 202 valence electrons. The van der Waals surface area contributed by atoms with E-state index in [1.807, 2.05) is 34.6 Å². The van der Waals surface area contributed by atoms with Crippen LogP contribution in [-0.2, 0) is 23.8 Å². The van der Waals surface area contributed by atoms with Crippen molar-refractivity contribution in [3.05, 3.63) is 0 Å². The minimum absolute atomic E-state index is 0.181. The van der Waals surface area contributed by atoms with Gasteiger partial charge in [0.25, 0.3) is 0 Å². The van der Waals surface area contributed by atoms with E-state index in [-0.39, 0.29) is 25.2 Å². The highest BCUT2D eigenvalue weighted by atomic mass is 16.6. The second kappa shape index (κ2) is 17.3. The predicted octanol–water partition coefficient (Wildman–Crippen LogP) is 7.89. The first-order valence-corrected chi connectivity index (χ1v) is 13.9. The van der Waals surface area contributed by atoms with Gasteiger partial charge in [-0.3, -0.25) is 9.59 Å². The smallest absolute Gasteiger partial charge is 0.311 e. The third kappa shape index (κ3) is 14.3. The van der Waals surface area contributed by atoms with Crippen molar-refractivity contribution in [2.75, 3.05) is 26.4 Å². The highest BCUT2D eigenvalue weighted by Crippen LogP contribution is 2.30. The normalized spacial score (nSPS) is 12.6. The number of esters is 2. The minimum Gasteiger partial charge on any atom is -0.464 e. The van der Waals surface area contributed by atoms with E-state index in [1.165, 1.54) is 25.7 Å². The molecule has 0 radical (unpaired) electrons. The molecule has 34 heavy (non-hydrogen) atoms. The van der Waals surface area contributed by atoms with Crippen LogP contribution in [-0.4, -0.2) is 38.4 Å². The molecule has 0 spiro atoms. The van der Waals surface area contributed by atoms with Gasteiger partial charge in [0.2, 0.25) is 0 Å². The third-order valence-corrected chi connectivity index (χ3v) is 6.61. The summed E-state index contributed by atoms with van der Waals surface area (Å²) in [6.45, 7) is 17.7. The Hall–Kier alpha value is -1.10. The topological polar surface area (TPSA) is 61.8 Å². The summed E-state index contributed by atoms with van der Waals surface area (Å²) in [5.41, 5.74) is -1.61. The second-order valence-corrected chi connectivity index (χ2v) is 11.8. The summed E-state index contributed by atoms with van der Waals surface area (Å²) in [6, 6.07) is 0. The fourth-order valence-electron chi connectivity index (χ4n) is 3.75. The van der Waals surface area contributed by atoms with Crippen LogP contribution in [0.4, 0.5) is 0 Å². The zero-order valence-corrected chi connectivity index (χ0v) is 23.9. The fraction of sp³-hybridized carbons (Fsp3) is 0.931. The van der Waals surface area contributed by atoms with E-state index in [4.69, 9.17) is 14.2 Å². The molecule has 0 N–H and O–H groups in total. The summed E-state index contributed by atoms with van der Waals surface area (Å²) in [6.07, 6.45) is 12.7. The standard InChI is InChI=1S/C29H56O5/c1-9-12-15-17-19-27(4,5)25(30)33-23-29(8,22-32-21-14-11-3)24-34-26(31)28(6,7)20-18-16-13-10-2/h9-24H2,1-8H3. The number of unbranched alkanes of at least 4 members (excludes halogenated alkanes) is 7. The minimum atomic E-state index is -0.574. The van der Waals surface area contributed by atoms with E-state index in [2.05, 4.69) is 20.8 Å². The lowest BCUT2D eigenvalue weighted by Gasteiger charge is -2.32. The number of rotatable bonds is 21. The zero-order chi connectivity index (χ0) is 26.1. The van der Waals surface area contributed by atoms with Gasteiger partial charge in [-0.15, -0.1) is 0 Å². The Labute approximate surface area is 211 Å². The number of hydrogen-bond donors (Lipinski definition) is 0. The Kier molecular flexibility index (Phi) is 16.8. The highest BCUT2D eigenvalue weighted by Gasteiger charge is 2.36. The van der Waals surface area contributed by atoms with Gasteiger partial charge in [-0.1, -0.05) is 85.5 Å². The van der Waals surface area contributed by atoms with Gasteiger partial charge in [-0.2, -0.15) is 0 Å². The van der Waals surface area contributed by atoms with Crippen LogP contribution in [0.25, 0.3) is 0 Å². The maximum Gasteiger partial charge on any atom is 0.311 e. The molecule has 0 rings (SSSR count). The Morgan fingerprint density at radius 1 is 0.559 bits per heavy atom. The van der Waals surface area contributed by atoms with Crippen LogP contribution < -0.4 is 0 Å². The van der Waals surface area contributed by atoms with Crippen LogP contribution in [0.1, 0.15) is 132 Å². The van der Waals surface area contributed by atoms with Gasteiger partial charge in [0.15, 0.2) is 0 Å². The van der Waals surface area contributed by atoms with Gasteiger partial charge >= 0.3 is 11.9 Å². The van der Waals surface area contributed by atoms with Gasteiger partial charge in [0.05, 0.1) is 22.9 Å². The zero-order valence-electron chi connectivity index (χ0n) is 23.9. The lowest BCUT2D eigenvalue weighted by atomic mass is 9.86. The average Bonchev–Trinajstić information content (AvgIpc) is 2.79. The van der Waals surface area contributed by atoms with Crippen molar-refractivity contribution in [1.29, 1.82) is 0 Å².